The highest BCUT2D eigenvalue weighted by molar-refractivity contribution is 6.06. The van der Waals surface area contributed by atoms with E-state index >= 15 is 0 Å². The summed E-state index contributed by atoms with van der Waals surface area (Å²) in [5.41, 5.74) is 1.55. The van der Waals surface area contributed by atoms with E-state index in [0.29, 0.717) is 11.4 Å². The second kappa shape index (κ2) is 6.30. The summed E-state index contributed by atoms with van der Waals surface area (Å²) in [6.45, 7) is 2.97. The molecule has 2 aliphatic rings. The van der Waals surface area contributed by atoms with Gasteiger partial charge in [0.15, 0.2) is 0 Å². The average molecular weight is 339 g/mol. The lowest BCUT2D eigenvalue weighted by Gasteiger charge is -2.44. The first-order valence-corrected chi connectivity index (χ1v) is 9.07. The maximum Gasteiger partial charge on any atom is 0.255 e. The molecule has 1 aromatic heterocycles. The minimum absolute atomic E-state index is 0.0290. The minimum Gasteiger partial charge on any atom is -0.481 e. The Labute approximate surface area is 148 Å². The molecule has 2 aromatic rings. The zero-order valence-corrected chi connectivity index (χ0v) is 15.0. The number of aromatic nitrogens is 1. The summed E-state index contributed by atoms with van der Waals surface area (Å²) in [4.78, 5) is 22.5. The Kier molecular flexibility index (Phi) is 4.12. The van der Waals surface area contributed by atoms with Crippen LogP contribution in [0.2, 0.25) is 0 Å². The number of ether oxygens (including phenoxy) is 1. The molecule has 132 valence electrons. The van der Waals surface area contributed by atoms with Crippen molar-refractivity contribution in [2.45, 2.75) is 31.2 Å². The van der Waals surface area contributed by atoms with Gasteiger partial charge in [0.25, 0.3) is 5.91 Å². The molecule has 0 N–H and O–H groups in total. The summed E-state index contributed by atoms with van der Waals surface area (Å²) < 4.78 is 5.34. The van der Waals surface area contributed by atoms with E-state index in [1.165, 1.54) is 0 Å². The van der Waals surface area contributed by atoms with Gasteiger partial charge in [-0.2, -0.15) is 0 Å². The summed E-state index contributed by atoms with van der Waals surface area (Å²) in [7, 11) is 3.76. The fourth-order valence-electron chi connectivity index (χ4n) is 4.39. The van der Waals surface area contributed by atoms with E-state index < -0.39 is 0 Å². The highest BCUT2D eigenvalue weighted by Crippen LogP contribution is 2.39. The largest absolute Gasteiger partial charge is 0.481 e. The number of benzene rings is 1. The fraction of sp³-hybridized carbons (Fsp3) is 0.500. The lowest BCUT2D eigenvalue weighted by atomic mass is 9.84. The summed E-state index contributed by atoms with van der Waals surface area (Å²) in [6, 6.07) is 9.61. The topological polar surface area (TPSA) is 45.7 Å². The van der Waals surface area contributed by atoms with E-state index in [9.17, 15) is 4.79 Å². The summed E-state index contributed by atoms with van der Waals surface area (Å²) in [5.74, 6) is 0.623. The van der Waals surface area contributed by atoms with Crippen LogP contribution in [0.25, 0.3) is 10.9 Å². The molecule has 0 aliphatic carbocycles. The molecule has 1 aromatic carbocycles. The van der Waals surface area contributed by atoms with Crippen molar-refractivity contribution in [3.8, 4) is 5.88 Å². The number of carbonyl (C=O) groups is 1. The number of amides is 1. The minimum atomic E-state index is 0.0290. The molecule has 0 atom stereocenters. The molecule has 2 fully saturated rings. The number of para-hydroxylation sites is 1. The van der Waals surface area contributed by atoms with Crippen LogP contribution in [0.1, 0.15) is 36.0 Å². The van der Waals surface area contributed by atoms with Crippen molar-refractivity contribution in [3.63, 3.8) is 0 Å². The monoisotopic (exact) mass is 339 g/mol. The standard InChI is InChI=1S/C20H25N3O2/c1-22-12-9-20(10-13-22)8-5-11-23(20)19(24)16-14-18(25-2)21-17-7-4-3-6-15(16)17/h3-4,6-7,14H,5,8-13H2,1-2H3. The zero-order chi connectivity index (χ0) is 17.4. The zero-order valence-electron chi connectivity index (χ0n) is 15.0. The smallest absolute Gasteiger partial charge is 0.255 e. The number of carbonyl (C=O) groups excluding carboxylic acids is 1. The van der Waals surface area contributed by atoms with Crippen molar-refractivity contribution in [3.05, 3.63) is 35.9 Å². The van der Waals surface area contributed by atoms with Crippen LogP contribution in [0.3, 0.4) is 0 Å². The molecule has 0 bridgehead atoms. The van der Waals surface area contributed by atoms with Crippen LogP contribution in [-0.4, -0.2) is 60.0 Å². The van der Waals surface area contributed by atoms with Crippen molar-refractivity contribution in [1.82, 2.24) is 14.8 Å². The summed E-state index contributed by atoms with van der Waals surface area (Å²) in [6.07, 6.45) is 4.34. The number of piperidine rings is 1. The normalized spacial score (nSPS) is 20.3. The van der Waals surface area contributed by atoms with Gasteiger partial charge in [-0.1, -0.05) is 18.2 Å². The first-order chi connectivity index (χ1) is 12.1. The molecule has 25 heavy (non-hydrogen) atoms. The predicted octanol–water partition coefficient (Wildman–Crippen LogP) is 2.94. The third-order valence-electron chi connectivity index (χ3n) is 5.89. The van der Waals surface area contributed by atoms with Crippen molar-refractivity contribution in [2.24, 2.45) is 0 Å². The van der Waals surface area contributed by atoms with Crippen LogP contribution in [0.15, 0.2) is 30.3 Å². The number of hydrogen-bond acceptors (Lipinski definition) is 4. The predicted molar refractivity (Wildman–Crippen MR) is 98.0 cm³/mol. The molecule has 0 unspecified atom stereocenters. The van der Waals surface area contributed by atoms with E-state index in [1.807, 2.05) is 24.3 Å². The van der Waals surface area contributed by atoms with Crippen molar-refractivity contribution >= 4 is 16.8 Å². The number of methoxy groups -OCH3 is 1. The first-order valence-electron chi connectivity index (χ1n) is 9.07. The van der Waals surface area contributed by atoms with Gasteiger partial charge >= 0.3 is 0 Å². The number of nitrogens with zero attached hydrogens (tertiary/aromatic N) is 3. The second-order valence-corrected chi connectivity index (χ2v) is 7.32. The molecule has 2 aliphatic heterocycles. The van der Waals surface area contributed by atoms with Gasteiger partial charge in [-0.25, -0.2) is 4.98 Å². The molecule has 0 saturated carbocycles. The first kappa shape index (κ1) is 16.3. The molecule has 5 heteroatoms. The Hall–Kier alpha value is -2.14. The maximum absolute atomic E-state index is 13.5. The number of rotatable bonds is 2. The number of fused-ring (bicyclic) bond motifs is 1. The van der Waals surface area contributed by atoms with E-state index in [4.69, 9.17) is 4.74 Å². The van der Waals surface area contributed by atoms with Gasteiger partial charge in [0, 0.05) is 36.6 Å². The van der Waals surface area contributed by atoms with Gasteiger partial charge in [-0.15, -0.1) is 0 Å². The number of hydrogen-bond donors (Lipinski definition) is 0. The molecule has 0 radical (unpaired) electrons. The van der Waals surface area contributed by atoms with Crippen LogP contribution in [0.4, 0.5) is 0 Å². The van der Waals surface area contributed by atoms with Gasteiger partial charge in [0.05, 0.1) is 18.2 Å². The van der Waals surface area contributed by atoms with Crippen LogP contribution in [0.5, 0.6) is 5.88 Å². The maximum atomic E-state index is 13.5. The number of likely N-dealkylation sites (tertiary alicyclic amines) is 2. The molecular weight excluding hydrogens is 314 g/mol. The quantitative estimate of drug-likeness (QED) is 0.844. The van der Waals surface area contributed by atoms with E-state index in [0.717, 1.165) is 56.2 Å². The second-order valence-electron chi connectivity index (χ2n) is 7.32. The van der Waals surface area contributed by atoms with E-state index in [-0.39, 0.29) is 11.4 Å². The van der Waals surface area contributed by atoms with Gasteiger partial charge in [-0.05, 0) is 38.8 Å². The summed E-state index contributed by atoms with van der Waals surface area (Å²) in [5, 5.41) is 0.906. The van der Waals surface area contributed by atoms with Crippen LogP contribution in [-0.2, 0) is 0 Å². The Bertz CT molecular complexity index is 797. The molecule has 1 spiro atoms. The molecule has 3 heterocycles. The van der Waals surface area contributed by atoms with Crippen LogP contribution < -0.4 is 4.74 Å². The van der Waals surface area contributed by atoms with Crippen LogP contribution in [0, 0.1) is 0 Å². The lowest BCUT2D eigenvalue weighted by molar-refractivity contribution is 0.0410. The van der Waals surface area contributed by atoms with Crippen molar-refractivity contribution in [2.75, 3.05) is 33.8 Å². The Morgan fingerprint density at radius 3 is 2.68 bits per heavy atom. The third kappa shape index (κ3) is 2.76. The Morgan fingerprint density at radius 2 is 1.92 bits per heavy atom. The van der Waals surface area contributed by atoms with E-state index in [2.05, 4.69) is 21.8 Å². The Morgan fingerprint density at radius 1 is 1.16 bits per heavy atom. The fourth-order valence-corrected chi connectivity index (χ4v) is 4.39. The molecule has 1 amide bonds. The van der Waals surface area contributed by atoms with Gasteiger partial charge in [-0.3, -0.25) is 4.79 Å². The van der Waals surface area contributed by atoms with Crippen molar-refractivity contribution < 1.29 is 9.53 Å². The third-order valence-corrected chi connectivity index (χ3v) is 5.89. The molecule has 4 rings (SSSR count). The van der Waals surface area contributed by atoms with Gasteiger partial charge < -0.3 is 14.5 Å². The molecule has 5 nitrogen and oxygen atoms in total. The lowest BCUT2D eigenvalue weighted by Crippen LogP contribution is -2.53. The van der Waals surface area contributed by atoms with Gasteiger partial charge in [0.1, 0.15) is 0 Å². The van der Waals surface area contributed by atoms with E-state index in [1.54, 1.807) is 13.2 Å². The Balaban J connectivity index is 1.74. The van der Waals surface area contributed by atoms with Gasteiger partial charge in [0.2, 0.25) is 5.88 Å². The van der Waals surface area contributed by atoms with Crippen LogP contribution >= 0.6 is 0 Å². The molecule has 2 saturated heterocycles. The SMILES string of the molecule is COc1cc(C(=O)N2CCCC23CCN(C)CC3)c2ccccc2n1. The van der Waals surface area contributed by atoms with Crippen molar-refractivity contribution in [1.29, 1.82) is 0 Å². The average Bonchev–Trinajstić information content (AvgIpc) is 3.06. The highest BCUT2D eigenvalue weighted by Gasteiger charge is 2.45. The highest BCUT2D eigenvalue weighted by atomic mass is 16.5. The summed E-state index contributed by atoms with van der Waals surface area (Å²) >= 11 is 0. The number of pyridine rings is 1. The molecular formula is C20H25N3O2.